The second kappa shape index (κ2) is 6.88. The lowest BCUT2D eigenvalue weighted by Gasteiger charge is -2.24. The summed E-state index contributed by atoms with van der Waals surface area (Å²) in [7, 11) is 6.59. The zero-order valence-electron chi connectivity index (χ0n) is 12.5. The van der Waals surface area contributed by atoms with Crippen LogP contribution in [0, 0.1) is 5.92 Å². The number of fused-ring (bicyclic) bond motifs is 1. The van der Waals surface area contributed by atoms with Gasteiger partial charge < -0.3 is 15.1 Å². The van der Waals surface area contributed by atoms with E-state index in [0.29, 0.717) is 0 Å². The summed E-state index contributed by atoms with van der Waals surface area (Å²) in [6.45, 7) is 3.67. The van der Waals surface area contributed by atoms with Gasteiger partial charge in [-0.3, -0.25) is 0 Å². The Hall–Kier alpha value is -0.120. The van der Waals surface area contributed by atoms with E-state index in [-0.39, 0.29) is 0 Å². The molecule has 0 spiro atoms. The second-order valence-electron chi connectivity index (χ2n) is 6.67. The monoisotopic (exact) mass is 253 g/mol. The summed E-state index contributed by atoms with van der Waals surface area (Å²) in [5, 5.41) is 3.87. The van der Waals surface area contributed by atoms with Crippen LogP contribution in [-0.4, -0.2) is 62.7 Å². The van der Waals surface area contributed by atoms with E-state index in [2.05, 4.69) is 36.3 Å². The molecule has 3 atom stereocenters. The van der Waals surface area contributed by atoms with Gasteiger partial charge in [0, 0.05) is 18.6 Å². The largest absolute Gasteiger partial charge is 0.310 e. The topological polar surface area (TPSA) is 18.5 Å². The van der Waals surface area contributed by atoms with Gasteiger partial charge in [0.15, 0.2) is 0 Å². The predicted molar refractivity (Wildman–Crippen MR) is 78.0 cm³/mol. The van der Waals surface area contributed by atoms with Crippen LogP contribution in [0.25, 0.3) is 0 Å². The molecule has 0 radical (unpaired) electrons. The first-order chi connectivity index (χ1) is 8.65. The Morgan fingerprint density at radius 1 is 1.06 bits per heavy atom. The van der Waals surface area contributed by atoms with E-state index in [4.69, 9.17) is 0 Å². The Labute approximate surface area is 113 Å². The summed E-state index contributed by atoms with van der Waals surface area (Å²) in [5.41, 5.74) is 0. The minimum atomic E-state index is 0.752. The highest BCUT2D eigenvalue weighted by atomic mass is 15.1. The third-order valence-corrected chi connectivity index (χ3v) is 4.62. The first kappa shape index (κ1) is 14.3. The summed E-state index contributed by atoms with van der Waals surface area (Å²) in [6.07, 6.45) is 8.50. The Morgan fingerprint density at radius 3 is 2.56 bits per heavy atom. The van der Waals surface area contributed by atoms with E-state index in [9.17, 15) is 0 Å². The molecule has 1 heterocycles. The minimum absolute atomic E-state index is 0.752. The number of rotatable bonds is 6. The van der Waals surface area contributed by atoms with Crippen LogP contribution < -0.4 is 5.32 Å². The maximum absolute atomic E-state index is 3.87. The summed E-state index contributed by atoms with van der Waals surface area (Å²) < 4.78 is 0. The molecular weight excluding hydrogens is 222 g/mol. The fourth-order valence-electron chi connectivity index (χ4n) is 3.70. The normalized spacial score (nSPS) is 32.2. The second-order valence-corrected chi connectivity index (χ2v) is 6.67. The molecule has 1 saturated carbocycles. The van der Waals surface area contributed by atoms with Crippen LogP contribution in [0.2, 0.25) is 0 Å². The zero-order chi connectivity index (χ0) is 13.0. The van der Waals surface area contributed by atoms with Gasteiger partial charge in [-0.15, -0.1) is 0 Å². The summed E-state index contributed by atoms with van der Waals surface area (Å²) in [6, 6.07) is 1.60. The quantitative estimate of drug-likeness (QED) is 0.778. The molecule has 0 amide bonds. The van der Waals surface area contributed by atoms with Gasteiger partial charge in [-0.25, -0.2) is 0 Å². The molecule has 0 aromatic carbocycles. The maximum atomic E-state index is 3.87. The molecule has 2 fully saturated rings. The Balaban J connectivity index is 1.64. The van der Waals surface area contributed by atoms with Crippen LogP contribution in [0.4, 0.5) is 0 Å². The van der Waals surface area contributed by atoms with Gasteiger partial charge >= 0.3 is 0 Å². The molecule has 2 aliphatic rings. The molecule has 0 bridgehead atoms. The lowest BCUT2D eigenvalue weighted by atomic mass is 9.85. The first-order valence-corrected chi connectivity index (χ1v) is 7.74. The van der Waals surface area contributed by atoms with Crippen molar-refractivity contribution in [2.45, 2.75) is 50.6 Å². The highest BCUT2D eigenvalue weighted by Crippen LogP contribution is 2.33. The van der Waals surface area contributed by atoms with Gasteiger partial charge in [-0.05, 0) is 65.8 Å². The van der Waals surface area contributed by atoms with Crippen LogP contribution in [0.5, 0.6) is 0 Å². The Morgan fingerprint density at radius 2 is 1.83 bits per heavy atom. The van der Waals surface area contributed by atoms with E-state index in [1.165, 1.54) is 58.2 Å². The average Bonchev–Trinajstić information content (AvgIpc) is 2.70. The highest BCUT2D eigenvalue weighted by molar-refractivity contribution is 4.93. The van der Waals surface area contributed by atoms with Crippen LogP contribution in [0.1, 0.15) is 38.5 Å². The Kier molecular flexibility index (Phi) is 5.46. The molecular formula is C15H31N3. The van der Waals surface area contributed by atoms with Gasteiger partial charge in [0.2, 0.25) is 0 Å². The molecule has 106 valence electrons. The molecule has 3 nitrogen and oxygen atoms in total. The van der Waals surface area contributed by atoms with Crippen molar-refractivity contribution in [3.63, 3.8) is 0 Å². The minimum Gasteiger partial charge on any atom is -0.310 e. The molecule has 1 saturated heterocycles. The Bertz CT molecular complexity index is 228. The van der Waals surface area contributed by atoms with Crippen molar-refractivity contribution in [3.05, 3.63) is 0 Å². The molecule has 1 N–H and O–H groups in total. The molecule has 18 heavy (non-hydrogen) atoms. The number of likely N-dealkylation sites (N-methyl/N-ethyl adjacent to an activating group) is 1. The van der Waals surface area contributed by atoms with Crippen molar-refractivity contribution in [1.82, 2.24) is 15.1 Å². The van der Waals surface area contributed by atoms with Crippen molar-refractivity contribution in [2.75, 3.05) is 40.8 Å². The van der Waals surface area contributed by atoms with Gasteiger partial charge in [0.05, 0.1) is 0 Å². The molecule has 1 aliphatic carbocycles. The predicted octanol–water partition coefficient (Wildman–Crippen LogP) is 1.79. The lowest BCUT2D eigenvalue weighted by molar-refractivity contribution is 0.274. The van der Waals surface area contributed by atoms with Crippen molar-refractivity contribution < 1.29 is 0 Å². The highest BCUT2D eigenvalue weighted by Gasteiger charge is 2.34. The summed E-state index contributed by atoms with van der Waals surface area (Å²) in [4.78, 5) is 4.79. The van der Waals surface area contributed by atoms with Crippen LogP contribution in [-0.2, 0) is 0 Å². The van der Waals surface area contributed by atoms with Crippen LogP contribution in [0.3, 0.4) is 0 Å². The van der Waals surface area contributed by atoms with Gasteiger partial charge in [-0.2, -0.15) is 0 Å². The van der Waals surface area contributed by atoms with Crippen molar-refractivity contribution >= 4 is 0 Å². The molecule has 0 aromatic rings. The van der Waals surface area contributed by atoms with Gasteiger partial charge in [0.1, 0.15) is 0 Å². The van der Waals surface area contributed by atoms with Crippen molar-refractivity contribution in [2.24, 2.45) is 5.92 Å². The number of nitrogens with one attached hydrogen (secondary N) is 1. The SMILES string of the molecule is CN(C)CCCN(C)CC1CC2CCCCC2N1. The fraction of sp³-hybridized carbons (Fsp3) is 1.00. The third-order valence-electron chi connectivity index (χ3n) is 4.62. The molecule has 2 rings (SSSR count). The van der Waals surface area contributed by atoms with Crippen LogP contribution >= 0.6 is 0 Å². The lowest BCUT2D eigenvalue weighted by Crippen LogP contribution is -2.39. The zero-order valence-corrected chi connectivity index (χ0v) is 12.5. The number of nitrogens with zero attached hydrogens (tertiary/aromatic N) is 2. The van der Waals surface area contributed by atoms with E-state index in [1.54, 1.807) is 0 Å². The van der Waals surface area contributed by atoms with E-state index in [0.717, 1.165) is 18.0 Å². The number of hydrogen-bond donors (Lipinski definition) is 1. The van der Waals surface area contributed by atoms with E-state index >= 15 is 0 Å². The third kappa shape index (κ3) is 4.22. The van der Waals surface area contributed by atoms with Crippen LogP contribution in [0.15, 0.2) is 0 Å². The molecule has 3 unspecified atom stereocenters. The standard InChI is InChI=1S/C15H31N3/c1-17(2)9-6-10-18(3)12-14-11-13-7-4-5-8-15(13)16-14/h13-16H,4-12H2,1-3H3. The average molecular weight is 253 g/mol. The molecule has 3 heteroatoms. The summed E-state index contributed by atoms with van der Waals surface area (Å²) in [5.74, 6) is 0.985. The van der Waals surface area contributed by atoms with Gasteiger partial charge in [0.25, 0.3) is 0 Å². The fourth-order valence-corrected chi connectivity index (χ4v) is 3.70. The maximum Gasteiger partial charge on any atom is 0.0200 e. The van der Waals surface area contributed by atoms with E-state index in [1.807, 2.05) is 0 Å². The molecule has 0 aromatic heterocycles. The smallest absolute Gasteiger partial charge is 0.0200 e. The summed E-state index contributed by atoms with van der Waals surface area (Å²) >= 11 is 0. The first-order valence-electron chi connectivity index (χ1n) is 7.74. The number of hydrogen-bond acceptors (Lipinski definition) is 3. The van der Waals surface area contributed by atoms with Crippen molar-refractivity contribution in [3.8, 4) is 0 Å². The van der Waals surface area contributed by atoms with Crippen molar-refractivity contribution in [1.29, 1.82) is 0 Å². The molecule has 1 aliphatic heterocycles. The van der Waals surface area contributed by atoms with E-state index < -0.39 is 0 Å². The van der Waals surface area contributed by atoms with Gasteiger partial charge in [-0.1, -0.05) is 12.8 Å².